The Bertz CT molecular complexity index is 533. The molecule has 0 saturated carbocycles. The third-order valence-electron chi connectivity index (χ3n) is 2.28. The summed E-state index contributed by atoms with van der Waals surface area (Å²) in [4.78, 5) is 7.34. The van der Waals surface area contributed by atoms with Crippen molar-refractivity contribution in [1.29, 1.82) is 0 Å². The van der Waals surface area contributed by atoms with Gasteiger partial charge in [-0.25, -0.2) is 9.37 Å². The van der Waals surface area contributed by atoms with Gasteiger partial charge in [0, 0.05) is 11.4 Å². The molecule has 18 heavy (non-hydrogen) atoms. The molecule has 2 aromatic rings. The van der Waals surface area contributed by atoms with E-state index in [1.54, 1.807) is 0 Å². The third-order valence-corrected chi connectivity index (χ3v) is 2.54. The summed E-state index contributed by atoms with van der Waals surface area (Å²) in [6.45, 7) is 0.382. The SMILES string of the molecule is Nc1nc(OCCc2ccc(Cl)cc2)ncc1F. The normalized spacial score (nSPS) is 10.3. The molecule has 0 unspecified atom stereocenters. The Hall–Kier alpha value is -1.88. The zero-order chi connectivity index (χ0) is 13.0. The van der Waals surface area contributed by atoms with Crippen molar-refractivity contribution in [3.63, 3.8) is 0 Å². The number of aromatic nitrogens is 2. The maximum atomic E-state index is 12.8. The number of nitrogens with zero attached hydrogens (tertiary/aromatic N) is 2. The number of nitrogen functional groups attached to an aromatic ring is 1. The minimum absolute atomic E-state index is 0.0721. The van der Waals surface area contributed by atoms with Crippen LogP contribution in [0.25, 0.3) is 0 Å². The van der Waals surface area contributed by atoms with E-state index in [0.717, 1.165) is 11.8 Å². The van der Waals surface area contributed by atoms with Crippen LogP contribution in [-0.2, 0) is 6.42 Å². The standard InChI is InChI=1S/C12H11ClFN3O/c13-9-3-1-8(2-4-9)5-6-18-12-16-7-10(14)11(15)17-12/h1-4,7H,5-6H2,(H2,15,16,17). The van der Waals surface area contributed by atoms with Crippen molar-refractivity contribution in [2.24, 2.45) is 0 Å². The summed E-state index contributed by atoms with van der Waals surface area (Å²) in [5.74, 6) is -0.869. The zero-order valence-corrected chi connectivity index (χ0v) is 10.2. The first kappa shape index (κ1) is 12.6. The second kappa shape index (κ2) is 5.64. The smallest absolute Gasteiger partial charge is 0.318 e. The second-order valence-electron chi connectivity index (χ2n) is 3.61. The fraction of sp³-hybridized carbons (Fsp3) is 0.167. The van der Waals surface area contributed by atoms with Crippen LogP contribution >= 0.6 is 11.6 Å². The number of hydrogen-bond donors (Lipinski definition) is 1. The lowest BCUT2D eigenvalue weighted by Gasteiger charge is -2.05. The molecule has 0 spiro atoms. The average Bonchev–Trinajstić information content (AvgIpc) is 2.36. The lowest BCUT2D eigenvalue weighted by Crippen LogP contribution is -2.06. The number of anilines is 1. The monoisotopic (exact) mass is 267 g/mol. The summed E-state index contributed by atoms with van der Waals surface area (Å²) in [7, 11) is 0. The highest BCUT2D eigenvalue weighted by Crippen LogP contribution is 2.12. The molecule has 0 aliphatic heterocycles. The minimum Gasteiger partial charge on any atom is -0.463 e. The van der Waals surface area contributed by atoms with Crippen LogP contribution in [0.1, 0.15) is 5.56 Å². The van der Waals surface area contributed by atoms with E-state index in [4.69, 9.17) is 22.1 Å². The molecule has 1 heterocycles. The van der Waals surface area contributed by atoms with E-state index in [-0.39, 0.29) is 11.8 Å². The van der Waals surface area contributed by atoms with Crippen LogP contribution in [-0.4, -0.2) is 16.6 Å². The largest absolute Gasteiger partial charge is 0.463 e. The molecule has 0 radical (unpaired) electrons. The molecule has 1 aromatic carbocycles. The van der Waals surface area contributed by atoms with E-state index in [2.05, 4.69) is 9.97 Å². The van der Waals surface area contributed by atoms with Crippen LogP contribution in [0.5, 0.6) is 6.01 Å². The molecule has 0 saturated heterocycles. The summed E-state index contributed by atoms with van der Waals surface area (Å²) in [6.07, 6.45) is 1.66. The Labute approximate surface area is 109 Å². The van der Waals surface area contributed by atoms with Gasteiger partial charge in [-0.05, 0) is 17.7 Å². The van der Waals surface area contributed by atoms with Crippen molar-refractivity contribution in [2.75, 3.05) is 12.3 Å². The summed E-state index contributed by atoms with van der Waals surface area (Å²) in [5, 5.41) is 0.689. The van der Waals surface area contributed by atoms with Crippen molar-refractivity contribution in [3.8, 4) is 6.01 Å². The molecule has 2 rings (SSSR count). The molecular formula is C12H11ClFN3O. The summed E-state index contributed by atoms with van der Waals surface area (Å²) in [5.41, 5.74) is 6.38. The molecule has 2 N–H and O–H groups in total. The van der Waals surface area contributed by atoms with Crippen LogP contribution in [0.4, 0.5) is 10.2 Å². The first-order chi connectivity index (χ1) is 8.65. The minimum atomic E-state index is -0.653. The van der Waals surface area contributed by atoms with Gasteiger partial charge < -0.3 is 10.5 Å². The van der Waals surface area contributed by atoms with Crippen LogP contribution in [0.2, 0.25) is 5.02 Å². The van der Waals surface area contributed by atoms with Crippen molar-refractivity contribution < 1.29 is 9.13 Å². The lowest BCUT2D eigenvalue weighted by atomic mass is 10.2. The third kappa shape index (κ3) is 3.30. The molecule has 94 valence electrons. The second-order valence-corrected chi connectivity index (χ2v) is 4.05. The van der Waals surface area contributed by atoms with E-state index in [0.29, 0.717) is 18.1 Å². The van der Waals surface area contributed by atoms with E-state index in [1.165, 1.54) is 0 Å². The number of benzene rings is 1. The van der Waals surface area contributed by atoms with E-state index in [9.17, 15) is 4.39 Å². The van der Waals surface area contributed by atoms with E-state index >= 15 is 0 Å². The molecule has 0 amide bonds. The molecule has 1 aromatic heterocycles. The Morgan fingerprint density at radius 2 is 2.00 bits per heavy atom. The number of ether oxygens (including phenoxy) is 1. The predicted molar refractivity (Wildman–Crippen MR) is 67.1 cm³/mol. The molecule has 6 heteroatoms. The molecule has 0 aliphatic carbocycles. The van der Waals surface area contributed by atoms with Gasteiger partial charge in [-0.2, -0.15) is 4.98 Å². The Morgan fingerprint density at radius 3 is 2.67 bits per heavy atom. The summed E-state index contributed by atoms with van der Waals surface area (Å²) >= 11 is 5.77. The molecule has 0 bridgehead atoms. The van der Waals surface area contributed by atoms with Gasteiger partial charge in [0.15, 0.2) is 11.6 Å². The van der Waals surface area contributed by atoms with Gasteiger partial charge in [-0.15, -0.1) is 0 Å². The number of nitrogens with two attached hydrogens (primary N) is 1. The molecule has 0 aliphatic rings. The van der Waals surface area contributed by atoms with Gasteiger partial charge in [-0.1, -0.05) is 23.7 Å². The maximum absolute atomic E-state index is 12.8. The van der Waals surface area contributed by atoms with Crippen LogP contribution < -0.4 is 10.5 Å². The van der Waals surface area contributed by atoms with Gasteiger partial charge in [0.2, 0.25) is 0 Å². The van der Waals surface area contributed by atoms with Crippen LogP contribution in [0, 0.1) is 5.82 Å². The molecule has 4 nitrogen and oxygen atoms in total. The average molecular weight is 268 g/mol. The van der Waals surface area contributed by atoms with Gasteiger partial charge in [0.05, 0.1) is 12.8 Å². The Morgan fingerprint density at radius 1 is 1.28 bits per heavy atom. The van der Waals surface area contributed by atoms with Crippen molar-refractivity contribution in [2.45, 2.75) is 6.42 Å². The Balaban J connectivity index is 1.88. The predicted octanol–water partition coefficient (Wildman–Crippen LogP) is 2.47. The van der Waals surface area contributed by atoms with E-state index < -0.39 is 5.82 Å². The topological polar surface area (TPSA) is 61.0 Å². The van der Waals surface area contributed by atoms with Crippen LogP contribution in [0.3, 0.4) is 0 Å². The van der Waals surface area contributed by atoms with Crippen molar-refractivity contribution >= 4 is 17.4 Å². The highest BCUT2D eigenvalue weighted by Gasteiger charge is 2.04. The maximum Gasteiger partial charge on any atom is 0.318 e. The molecule has 0 fully saturated rings. The summed E-state index contributed by atoms with van der Waals surface area (Å²) in [6, 6.07) is 7.51. The van der Waals surface area contributed by atoms with Gasteiger partial charge in [0.1, 0.15) is 0 Å². The van der Waals surface area contributed by atoms with Crippen molar-refractivity contribution in [3.05, 3.63) is 46.9 Å². The molecular weight excluding hydrogens is 257 g/mol. The number of halogens is 2. The van der Waals surface area contributed by atoms with Crippen molar-refractivity contribution in [1.82, 2.24) is 9.97 Å². The first-order valence-electron chi connectivity index (χ1n) is 5.30. The zero-order valence-electron chi connectivity index (χ0n) is 9.44. The Kier molecular flexibility index (Phi) is 3.94. The number of hydrogen-bond acceptors (Lipinski definition) is 4. The van der Waals surface area contributed by atoms with Gasteiger partial charge in [-0.3, -0.25) is 0 Å². The lowest BCUT2D eigenvalue weighted by molar-refractivity contribution is 0.295. The highest BCUT2D eigenvalue weighted by molar-refractivity contribution is 6.30. The highest BCUT2D eigenvalue weighted by atomic mass is 35.5. The summed E-state index contributed by atoms with van der Waals surface area (Å²) < 4.78 is 18.1. The first-order valence-corrected chi connectivity index (χ1v) is 5.68. The fourth-order valence-corrected chi connectivity index (χ4v) is 1.47. The number of rotatable bonds is 4. The van der Waals surface area contributed by atoms with Crippen LogP contribution in [0.15, 0.2) is 30.5 Å². The quantitative estimate of drug-likeness (QED) is 0.924. The van der Waals surface area contributed by atoms with Gasteiger partial charge >= 0.3 is 6.01 Å². The molecule has 0 atom stereocenters. The van der Waals surface area contributed by atoms with E-state index in [1.807, 2.05) is 24.3 Å². The van der Waals surface area contributed by atoms with Gasteiger partial charge in [0.25, 0.3) is 0 Å². The fourth-order valence-electron chi connectivity index (χ4n) is 1.34.